The van der Waals surface area contributed by atoms with Crippen LogP contribution in [0.3, 0.4) is 0 Å². The van der Waals surface area contributed by atoms with E-state index < -0.39 is 34.9 Å². The molecule has 0 saturated heterocycles. The van der Waals surface area contributed by atoms with Crippen LogP contribution in [-0.2, 0) is 14.3 Å². The van der Waals surface area contributed by atoms with E-state index in [0.717, 1.165) is 12.3 Å². The quantitative estimate of drug-likeness (QED) is 0.130. The molecule has 15 heteroatoms. The first-order chi connectivity index (χ1) is 14.0. The van der Waals surface area contributed by atoms with Gasteiger partial charge in [0.2, 0.25) is 12.4 Å². The lowest BCUT2D eigenvalue weighted by Crippen LogP contribution is -2.28. The molecular weight excluding hydrogens is 542 g/mol. The smallest absolute Gasteiger partial charge is 0.343 e. The summed E-state index contributed by atoms with van der Waals surface area (Å²) in [6.45, 7) is -0.972. The molecule has 0 atom stereocenters. The highest BCUT2D eigenvalue weighted by Gasteiger charge is 2.22. The van der Waals surface area contributed by atoms with Crippen molar-refractivity contribution >= 4 is 49.5 Å². The highest BCUT2D eigenvalue weighted by Crippen LogP contribution is 2.27. The molecule has 162 valence electrons. The standard InChI is InChI=1S/C8H8BrNO4.C7H5BrN2O6/c1-13-8(11)5-14-6-2-3-7(9)10(12)4-6;8-6-1-4(10(14)15)5(2-9(6)13)16-3-7(11)12/h2-4H,5H2,1H3;1-2H,3H2,(H,11,12). The number of hydrogen-bond donors (Lipinski definition) is 1. The van der Waals surface area contributed by atoms with E-state index in [9.17, 15) is 30.1 Å². The molecule has 2 rings (SSSR count). The highest BCUT2D eigenvalue weighted by molar-refractivity contribution is 9.10. The summed E-state index contributed by atoms with van der Waals surface area (Å²) in [5.74, 6) is -1.88. The summed E-state index contributed by atoms with van der Waals surface area (Å²) < 4.78 is 15.1. The van der Waals surface area contributed by atoms with Crippen molar-refractivity contribution < 1.29 is 43.3 Å². The van der Waals surface area contributed by atoms with E-state index in [4.69, 9.17) is 9.84 Å². The Bertz CT molecular complexity index is 941. The fourth-order valence-electron chi connectivity index (χ4n) is 1.61. The molecule has 0 fully saturated rings. The number of esters is 1. The zero-order chi connectivity index (χ0) is 22.8. The minimum atomic E-state index is -1.30. The van der Waals surface area contributed by atoms with Gasteiger partial charge in [-0.05, 0) is 6.07 Å². The van der Waals surface area contributed by atoms with Crippen molar-refractivity contribution in [2.75, 3.05) is 20.3 Å². The third-order valence-electron chi connectivity index (χ3n) is 2.93. The zero-order valence-corrected chi connectivity index (χ0v) is 18.2. The van der Waals surface area contributed by atoms with Crippen molar-refractivity contribution in [2.45, 2.75) is 0 Å². The molecule has 0 aliphatic rings. The number of carbonyl (C=O) groups is 2. The maximum atomic E-state index is 11.1. The Morgan fingerprint density at radius 2 is 1.73 bits per heavy atom. The number of pyridine rings is 2. The van der Waals surface area contributed by atoms with E-state index in [1.54, 1.807) is 6.07 Å². The molecule has 0 unspecified atom stereocenters. The van der Waals surface area contributed by atoms with Gasteiger partial charge in [0.25, 0.3) is 15.0 Å². The van der Waals surface area contributed by atoms with Gasteiger partial charge in [-0.2, -0.15) is 9.46 Å². The van der Waals surface area contributed by atoms with Crippen molar-refractivity contribution in [3.8, 4) is 11.5 Å². The molecule has 1 N–H and O–H groups in total. The molecule has 30 heavy (non-hydrogen) atoms. The average Bonchev–Trinajstić information content (AvgIpc) is 2.69. The Morgan fingerprint density at radius 3 is 2.27 bits per heavy atom. The molecule has 2 aromatic rings. The van der Waals surface area contributed by atoms with Crippen LogP contribution in [-0.4, -0.2) is 42.3 Å². The molecule has 0 aliphatic carbocycles. The number of hydrogen-bond acceptors (Lipinski definition) is 9. The van der Waals surface area contributed by atoms with E-state index in [1.165, 1.54) is 19.4 Å². The van der Waals surface area contributed by atoms with E-state index in [0.29, 0.717) is 15.1 Å². The van der Waals surface area contributed by atoms with Crippen molar-refractivity contribution in [1.29, 1.82) is 0 Å². The normalized spacial score (nSPS) is 9.70. The van der Waals surface area contributed by atoms with Crippen molar-refractivity contribution in [3.63, 3.8) is 0 Å². The summed E-state index contributed by atoms with van der Waals surface area (Å²) in [5.41, 5.74) is -0.486. The fourth-order valence-corrected chi connectivity index (χ4v) is 2.16. The number of methoxy groups -OCH3 is 1. The molecule has 2 heterocycles. The van der Waals surface area contributed by atoms with Gasteiger partial charge in [-0.25, -0.2) is 9.59 Å². The van der Waals surface area contributed by atoms with Crippen LogP contribution in [0.4, 0.5) is 5.69 Å². The first-order valence-electron chi connectivity index (χ1n) is 7.55. The molecule has 0 radical (unpaired) electrons. The number of rotatable bonds is 7. The number of carboxylic acid groups (broad SMARTS) is 1. The summed E-state index contributed by atoms with van der Waals surface area (Å²) in [7, 11) is 1.26. The summed E-state index contributed by atoms with van der Waals surface area (Å²) in [4.78, 5) is 30.7. The SMILES string of the molecule is COC(=O)COc1ccc(Br)[n+]([O-])c1.O=C(O)COc1c[n+]([O-])c(Br)cc1[N+](=O)[O-]. The molecule has 0 amide bonds. The van der Waals surface area contributed by atoms with Gasteiger partial charge < -0.3 is 29.7 Å². The largest absolute Gasteiger partial charge is 0.618 e. The molecule has 0 bridgehead atoms. The van der Waals surface area contributed by atoms with Crippen molar-refractivity contribution in [1.82, 2.24) is 0 Å². The van der Waals surface area contributed by atoms with Gasteiger partial charge in [0.05, 0.1) is 12.0 Å². The summed E-state index contributed by atoms with van der Waals surface area (Å²) >= 11 is 5.83. The molecular formula is C15H13Br2N3O10. The Hall–Kier alpha value is -3.20. The van der Waals surface area contributed by atoms with Gasteiger partial charge in [0.1, 0.15) is 6.07 Å². The second-order valence-corrected chi connectivity index (χ2v) is 6.61. The lowest BCUT2D eigenvalue weighted by molar-refractivity contribution is -0.618. The molecule has 2 aromatic heterocycles. The summed E-state index contributed by atoms with van der Waals surface area (Å²) in [6.07, 6.45) is 2.00. The number of ether oxygens (including phenoxy) is 3. The van der Waals surface area contributed by atoms with Crippen LogP contribution in [0, 0.1) is 20.5 Å². The van der Waals surface area contributed by atoms with Crippen LogP contribution in [0.15, 0.2) is 39.8 Å². The highest BCUT2D eigenvalue weighted by atomic mass is 79.9. The number of nitro groups is 1. The molecule has 13 nitrogen and oxygen atoms in total. The number of carboxylic acids is 1. The molecule has 0 saturated carbocycles. The number of halogens is 2. The van der Waals surface area contributed by atoms with Crippen LogP contribution in [0.25, 0.3) is 0 Å². The minimum absolute atomic E-state index is 0.0677. The average molecular weight is 555 g/mol. The van der Waals surface area contributed by atoms with E-state index in [2.05, 4.69) is 41.3 Å². The third-order valence-corrected chi connectivity index (χ3v) is 4.12. The predicted octanol–water partition coefficient (Wildman–Crippen LogP) is 1.09. The van der Waals surface area contributed by atoms with Gasteiger partial charge in [-0.1, -0.05) is 0 Å². The van der Waals surface area contributed by atoms with Gasteiger partial charge in [0.15, 0.2) is 19.0 Å². The van der Waals surface area contributed by atoms with Gasteiger partial charge >= 0.3 is 17.6 Å². The Balaban J connectivity index is 0.000000303. The first kappa shape index (κ1) is 24.8. The van der Waals surface area contributed by atoms with Crippen LogP contribution >= 0.6 is 31.9 Å². The third kappa shape index (κ3) is 8.04. The number of aromatic nitrogens is 2. The maximum absolute atomic E-state index is 11.1. The predicted molar refractivity (Wildman–Crippen MR) is 104 cm³/mol. The Kier molecular flexibility index (Phi) is 9.70. The summed E-state index contributed by atoms with van der Waals surface area (Å²) in [6, 6.07) is 4.03. The lowest BCUT2D eigenvalue weighted by atomic mass is 10.4. The van der Waals surface area contributed by atoms with Crippen LogP contribution in [0.5, 0.6) is 11.5 Å². The molecule has 0 aliphatic heterocycles. The van der Waals surface area contributed by atoms with Gasteiger partial charge in [0, 0.05) is 37.9 Å². The number of carbonyl (C=O) groups excluding carboxylic acids is 1. The van der Waals surface area contributed by atoms with E-state index >= 15 is 0 Å². The molecule has 0 spiro atoms. The van der Waals surface area contributed by atoms with Crippen LogP contribution in [0.2, 0.25) is 0 Å². The van der Waals surface area contributed by atoms with Crippen molar-refractivity contribution in [3.05, 3.63) is 60.3 Å². The monoisotopic (exact) mass is 553 g/mol. The zero-order valence-electron chi connectivity index (χ0n) is 15.0. The first-order valence-corrected chi connectivity index (χ1v) is 9.13. The second kappa shape index (κ2) is 11.7. The number of aliphatic carboxylic acids is 1. The summed E-state index contributed by atoms with van der Waals surface area (Å²) in [5, 5.41) is 41.0. The Labute approximate surface area is 185 Å². The molecule has 0 aromatic carbocycles. The second-order valence-electron chi connectivity index (χ2n) is 4.99. The topological polar surface area (TPSA) is 179 Å². The maximum Gasteiger partial charge on any atom is 0.343 e. The number of nitrogens with zero attached hydrogens (tertiary/aromatic N) is 3. The van der Waals surface area contributed by atoms with Crippen LogP contribution < -0.4 is 18.9 Å². The fraction of sp³-hybridized carbons (Fsp3) is 0.200. The van der Waals surface area contributed by atoms with E-state index in [-0.39, 0.29) is 15.9 Å². The van der Waals surface area contributed by atoms with Gasteiger partial charge in [-0.15, -0.1) is 0 Å². The van der Waals surface area contributed by atoms with E-state index in [1.807, 2.05) is 0 Å². The van der Waals surface area contributed by atoms with Crippen molar-refractivity contribution in [2.24, 2.45) is 0 Å². The lowest BCUT2D eigenvalue weighted by Gasteiger charge is -2.04. The van der Waals surface area contributed by atoms with Crippen LogP contribution in [0.1, 0.15) is 0 Å². The van der Waals surface area contributed by atoms with Gasteiger partial charge in [-0.3, -0.25) is 10.1 Å². The Morgan fingerprint density at radius 1 is 1.10 bits per heavy atom. The minimum Gasteiger partial charge on any atom is -0.618 e.